The van der Waals surface area contributed by atoms with Crippen molar-refractivity contribution < 1.29 is 0 Å². The number of rotatable bonds is 9. The van der Waals surface area contributed by atoms with Crippen LogP contribution >= 0.6 is 0 Å². The van der Waals surface area contributed by atoms with Gasteiger partial charge in [0, 0.05) is 19.3 Å². The molecule has 0 aliphatic heterocycles. The van der Waals surface area contributed by atoms with E-state index in [1.54, 1.807) is 0 Å². The second kappa shape index (κ2) is 8.98. The van der Waals surface area contributed by atoms with Crippen LogP contribution in [0, 0.1) is 5.92 Å². The molecule has 0 heterocycles. The van der Waals surface area contributed by atoms with Crippen molar-refractivity contribution in [1.82, 2.24) is 5.32 Å². The van der Waals surface area contributed by atoms with E-state index in [1.165, 1.54) is 31.5 Å². The lowest BCUT2D eigenvalue weighted by Crippen LogP contribution is -2.27. The number of benzene rings is 1. The third kappa shape index (κ3) is 5.54. The van der Waals surface area contributed by atoms with E-state index in [2.05, 4.69) is 61.4 Å². The fourth-order valence-corrected chi connectivity index (χ4v) is 2.14. The van der Waals surface area contributed by atoms with Crippen LogP contribution in [0.15, 0.2) is 30.3 Å². The largest absolute Gasteiger partial charge is 0.375 e. The minimum Gasteiger partial charge on any atom is -0.375 e. The van der Waals surface area contributed by atoms with Crippen LogP contribution < -0.4 is 10.2 Å². The standard InChI is InChI=1S/C16H28N2/c1-4-15(5-2)14-17-12-9-13-18(3)16-10-7-6-8-11-16/h6-8,10-11,15,17H,4-5,9,12-14H2,1-3H3. The zero-order chi connectivity index (χ0) is 13.2. The van der Waals surface area contributed by atoms with Gasteiger partial charge in [0.1, 0.15) is 0 Å². The molecule has 0 bridgehead atoms. The van der Waals surface area contributed by atoms with Gasteiger partial charge in [0.25, 0.3) is 0 Å². The van der Waals surface area contributed by atoms with E-state index in [1.807, 2.05) is 0 Å². The molecule has 1 aromatic rings. The highest BCUT2D eigenvalue weighted by molar-refractivity contribution is 5.44. The molecule has 1 N–H and O–H groups in total. The molecule has 18 heavy (non-hydrogen) atoms. The third-order valence-corrected chi connectivity index (χ3v) is 3.63. The van der Waals surface area contributed by atoms with Crippen molar-refractivity contribution in [2.45, 2.75) is 33.1 Å². The van der Waals surface area contributed by atoms with Gasteiger partial charge >= 0.3 is 0 Å². The van der Waals surface area contributed by atoms with E-state index in [0.717, 1.165) is 19.0 Å². The van der Waals surface area contributed by atoms with Gasteiger partial charge in [-0.25, -0.2) is 0 Å². The van der Waals surface area contributed by atoms with Crippen molar-refractivity contribution in [3.05, 3.63) is 30.3 Å². The Morgan fingerprint density at radius 2 is 1.78 bits per heavy atom. The van der Waals surface area contributed by atoms with Crippen molar-refractivity contribution in [2.24, 2.45) is 5.92 Å². The maximum atomic E-state index is 3.57. The zero-order valence-electron chi connectivity index (χ0n) is 12.2. The van der Waals surface area contributed by atoms with Gasteiger partial charge < -0.3 is 10.2 Å². The molecule has 0 unspecified atom stereocenters. The van der Waals surface area contributed by atoms with Crippen LogP contribution in [-0.2, 0) is 0 Å². The van der Waals surface area contributed by atoms with Crippen LogP contribution in [-0.4, -0.2) is 26.7 Å². The van der Waals surface area contributed by atoms with Crippen molar-refractivity contribution in [3.8, 4) is 0 Å². The number of para-hydroxylation sites is 1. The molecule has 0 fully saturated rings. The summed E-state index contributed by atoms with van der Waals surface area (Å²) in [6, 6.07) is 10.6. The summed E-state index contributed by atoms with van der Waals surface area (Å²) in [5, 5.41) is 3.57. The lowest BCUT2D eigenvalue weighted by molar-refractivity contribution is 0.448. The summed E-state index contributed by atoms with van der Waals surface area (Å²) < 4.78 is 0. The Hall–Kier alpha value is -1.02. The van der Waals surface area contributed by atoms with Crippen molar-refractivity contribution in [2.75, 3.05) is 31.6 Å². The van der Waals surface area contributed by atoms with Crippen LogP contribution in [0.2, 0.25) is 0 Å². The van der Waals surface area contributed by atoms with Crippen LogP contribution in [0.25, 0.3) is 0 Å². The summed E-state index contributed by atoms with van der Waals surface area (Å²) in [6.45, 7) is 7.95. The predicted octanol–water partition coefficient (Wildman–Crippen LogP) is 3.54. The van der Waals surface area contributed by atoms with Crippen LogP contribution in [0.5, 0.6) is 0 Å². The smallest absolute Gasteiger partial charge is 0.0363 e. The van der Waals surface area contributed by atoms with Gasteiger partial charge in [-0.1, -0.05) is 44.9 Å². The highest BCUT2D eigenvalue weighted by atomic mass is 15.1. The topological polar surface area (TPSA) is 15.3 Å². The lowest BCUT2D eigenvalue weighted by atomic mass is 10.0. The lowest BCUT2D eigenvalue weighted by Gasteiger charge is -2.19. The fourth-order valence-electron chi connectivity index (χ4n) is 2.14. The van der Waals surface area contributed by atoms with Gasteiger partial charge in [0.2, 0.25) is 0 Å². The molecule has 0 saturated carbocycles. The molecular weight excluding hydrogens is 220 g/mol. The summed E-state index contributed by atoms with van der Waals surface area (Å²) in [7, 11) is 2.16. The molecule has 0 radical (unpaired) electrons. The van der Waals surface area contributed by atoms with Crippen molar-refractivity contribution >= 4 is 5.69 Å². The number of anilines is 1. The first kappa shape index (κ1) is 15.0. The molecule has 0 aliphatic rings. The Kier molecular flexibility index (Phi) is 7.51. The molecule has 2 heteroatoms. The average Bonchev–Trinajstić information content (AvgIpc) is 2.43. The summed E-state index contributed by atoms with van der Waals surface area (Å²) in [4.78, 5) is 2.32. The minimum absolute atomic E-state index is 0.844. The summed E-state index contributed by atoms with van der Waals surface area (Å²) in [5.74, 6) is 0.844. The Balaban J connectivity index is 2.11. The van der Waals surface area contributed by atoms with Gasteiger partial charge in [-0.05, 0) is 37.6 Å². The molecule has 0 aromatic heterocycles. The first-order valence-corrected chi connectivity index (χ1v) is 7.24. The number of hydrogen-bond acceptors (Lipinski definition) is 2. The van der Waals surface area contributed by atoms with E-state index in [9.17, 15) is 0 Å². The second-order valence-corrected chi connectivity index (χ2v) is 5.00. The summed E-state index contributed by atoms with van der Waals surface area (Å²) in [5.41, 5.74) is 1.30. The molecule has 0 amide bonds. The van der Waals surface area contributed by atoms with E-state index in [-0.39, 0.29) is 0 Å². The summed E-state index contributed by atoms with van der Waals surface area (Å²) >= 11 is 0. The van der Waals surface area contributed by atoms with Gasteiger partial charge in [0.05, 0.1) is 0 Å². The summed E-state index contributed by atoms with van der Waals surface area (Å²) in [6.07, 6.45) is 3.77. The SMILES string of the molecule is CCC(CC)CNCCCN(C)c1ccccc1. The predicted molar refractivity (Wildman–Crippen MR) is 81.3 cm³/mol. The first-order valence-electron chi connectivity index (χ1n) is 7.24. The van der Waals surface area contributed by atoms with Gasteiger partial charge in [-0.15, -0.1) is 0 Å². The molecule has 1 rings (SSSR count). The third-order valence-electron chi connectivity index (χ3n) is 3.63. The van der Waals surface area contributed by atoms with Gasteiger partial charge in [-0.2, -0.15) is 0 Å². The maximum Gasteiger partial charge on any atom is 0.0363 e. The normalized spacial score (nSPS) is 10.9. The molecule has 0 spiro atoms. The van der Waals surface area contributed by atoms with E-state index >= 15 is 0 Å². The maximum absolute atomic E-state index is 3.57. The van der Waals surface area contributed by atoms with Gasteiger partial charge in [-0.3, -0.25) is 0 Å². The molecule has 0 aliphatic carbocycles. The van der Waals surface area contributed by atoms with Gasteiger partial charge in [0.15, 0.2) is 0 Å². The average molecular weight is 248 g/mol. The van der Waals surface area contributed by atoms with Crippen LogP contribution in [0.3, 0.4) is 0 Å². The Bertz CT molecular complexity index is 293. The first-order chi connectivity index (χ1) is 8.77. The molecule has 102 valence electrons. The van der Waals surface area contributed by atoms with Crippen molar-refractivity contribution in [1.29, 1.82) is 0 Å². The highest BCUT2D eigenvalue weighted by Crippen LogP contribution is 2.10. The highest BCUT2D eigenvalue weighted by Gasteiger charge is 2.02. The molecule has 2 nitrogen and oxygen atoms in total. The minimum atomic E-state index is 0.844. The number of nitrogens with one attached hydrogen (secondary N) is 1. The number of nitrogens with zero attached hydrogens (tertiary/aromatic N) is 1. The fraction of sp³-hybridized carbons (Fsp3) is 0.625. The zero-order valence-corrected chi connectivity index (χ0v) is 12.2. The van der Waals surface area contributed by atoms with E-state index in [4.69, 9.17) is 0 Å². The quantitative estimate of drug-likeness (QED) is 0.672. The monoisotopic (exact) mass is 248 g/mol. The Labute approximate surface area is 112 Å². The molecular formula is C16H28N2. The second-order valence-electron chi connectivity index (χ2n) is 5.00. The van der Waals surface area contributed by atoms with E-state index < -0.39 is 0 Å². The van der Waals surface area contributed by atoms with Crippen molar-refractivity contribution in [3.63, 3.8) is 0 Å². The van der Waals surface area contributed by atoms with Crippen LogP contribution in [0.4, 0.5) is 5.69 Å². The molecule has 0 atom stereocenters. The Morgan fingerprint density at radius 3 is 2.39 bits per heavy atom. The molecule has 0 saturated heterocycles. The number of hydrogen-bond donors (Lipinski definition) is 1. The molecule has 1 aromatic carbocycles. The van der Waals surface area contributed by atoms with Crippen LogP contribution in [0.1, 0.15) is 33.1 Å². The Morgan fingerprint density at radius 1 is 1.11 bits per heavy atom. The van der Waals surface area contributed by atoms with E-state index in [0.29, 0.717) is 0 Å².